The standard InChI is InChI=1S/C16H20N6/c1-9(2)14-5-12(13(6-17)15(18)22-14)11-7-19-16(20-8-11)21-10(3)4/h5,7-10H,1-4H3,(H2,18,22)(H,19,20,21). The molecular weight excluding hydrogens is 276 g/mol. The van der Waals surface area contributed by atoms with Gasteiger partial charge in [0.2, 0.25) is 5.95 Å². The third-order valence-corrected chi connectivity index (χ3v) is 3.15. The third kappa shape index (κ3) is 3.31. The third-order valence-electron chi connectivity index (χ3n) is 3.15. The molecule has 0 spiro atoms. The van der Waals surface area contributed by atoms with Crippen LogP contribution >= 0.6 is 0 Å². The quantitative estimate of drug-likeness (QED) is 0.899. The Morgan fingerprint density at radius 2 is 1.82 bits per heavy atom. The zero-order valence-corrected chi connectivity index (χ0v) is 13.3. The van der Waals surface area contributed by atoms with E-state index in [4.69, 9.17) is 5.73 Å². The Bertz CT molecular complexity index is 698. The number of pyridine rings is 1. The molecule has 0 aliphatic carbocycles. The van der Waals surface area contributed by atoms with Gasteiger partial charge >= 0.3 is 0 Å². The van der Waals surface area contributed by atoms with Gasteiger partial charge in [0.05, 0.1) is 0 Å². The van der Waals surface area contributed by atoms with Crippen molar-refractivity contribution in [3.05, 3.63) is 29.7 Å². The first-order valence-electron chi connectivity index (χ1n) is 7.21. The maximum Gasteiger partial charge on any atom is 0.222 e. The minimum absolute atomic E-state index is 0.219. The molecule has 2 aromatic rings. The van der Waals surface area contributed by atoms with E-state index in [2.05, 4.69) is 26.3 Å². The Labute approximate surface area is 130 Å². The summed E-state index contributed by atoms with van der Waals surface area (Å²) in [6, 6.07) is 4.25. The van der Waals surface area contributed by atoms with Crippen molar-refractivity contribution in [1.29, 1.82) is 5.26 Å². The summed E-state index contributed by atoms with van der Waals surface area (Å²) < 4.78 is 0. The largest absolute Gasteiger partial charge is 0.383 e. The molecule has 0 aromatic carbocycles. The Morgan fingerprint density at radius 1 is 1.18 bits per heavy atom. The fraction of sp³-hybridized carbons (Fsp3) is 0.375. The van der Waals surface area contributed by atoms with Crippen LogP contribution in [0.2, 0.25) is 0 Å². The number of anilines is 2. The molecule has 0 fully saturated rings. The maximum atomic E-state index is 9.34. The Balaban J connectivity index is 2.49. The first kappa shape index (κ1) is 15.7. The molecule has 22 heavy (non-hydrogen) atoms. The van der Waals surface area contributed by atoms with Crippen molar-refractivity contribution >= 4 is 11.8 Å². The highest BCUT2D eigenvalue weighted by atomic mass is 15.1. The number of nitrogens with one attached hydrogen (secondary N) is 1. The molecule has 0 aliphatic rings. The highest BCUT2D eigenvalue weighted by molar-refractivity contribution is 5.75. The predicted molar refractivity (Wildman–Crippen MR) is 87.2 cm³/mol. The van der Waals surface area contributed by atoms with Gasteiger partial charge in [0.25, 0.3) is 0 Å². The summed E-state index contributed by atoms with van der Waals surface area (Å²) in [6.07, 6.45) is 3.38. The van der Waals surface area contributed by atoms with E-state index in [0.29, 0.717) is 11.5 Å². The molecule has 6 heteroatoms. The molecule has 2 rings (SSSR count). The Hall–Kier alpha value is -2.68. The van der Waals surface area contributed by atoms with E-state index in [1.807, 2.05) is 33.8 Å². The fourth-order valence-electron chi connectivity index (χ4n) is 2.03. The van der Waals surface area contributed by atoms with E-state index in [1.54, 1.807) is 12.4 Å². The molecule has 0 saturated carbocycles. The Morgan fingerprint density at radius 3 is 2.32 bits per heavy atom. The number of nitriles is 1. The van der Waals surface area contributed by atoms with Gasteiger partial charge in [-0.3, -0.25) is 0 Å². The van der Waals surface area contributed by atoms with E-state index in [1.165, 1.54) is 0 Å². The Kier molecular flexibility index (Phi) is 4.56. The van der Waals surface area contributed by atoms with Crippen LogP contribution in [0.15, 0.2) is 18.5 Å². The summed E-state index contributed by atoms with van der Waals surface area (Å²) in [7, 11) is 0. The molecule has 0 bridgehead atoms. The van der Waals surface area contributed by atoms with Crippen molar-refractivity contribution in [2.75, 3.05) is 11.1 Å². The molecule has 114 valence electrons. The number of hydrogen-bond donors (Lipinski definition) is 2. The van der Waals surface area contributed by atoms with Crippen LogP contribution in [0, 0.1) is 11.3 Å². The summed E-state index contributed by atoms with van der Waals surface area (Å²) in [5.74, 6) is 1.02. The van der Waals surface area contributed by atoms with Gasteiger partial charge in [0.1, 0.15) is 17.5 Å². The van der Waals surface area contributed by atoms with Crippen LogP contribution in [-0.4, -0.2) is 21.0 Å². The molecule has 0 unspecified atom stereocenters. The molecule has 0 amide bonds. The summed E-state index contributed by atoms with van der Waals surface area (Å²) in [4.78, 5) is 12.9. The lowest BCUT2D eigenvalue weighted by Crippen LogP contribution is -2.12. The summed E-state index contributed by atoms with van der Waals surface area (Å²) >= 11 is 0. The first-order valence-corrected chi connectivity index (χ1v) is 7.21. The van der Waals surface area contributed by atoms with Crippen LogP contribution in [0.25, 0.3) is 11.1 Å². The number of nitrogens with zero attached hydrogens (tertiary/aromatic N) is 4. The number of rotatable bonds is 4. The van der Waals surface area contributed by atoms with Crippen molar-refractivity contribution in [3.8, 4) is 17.2 Å². The van der Waals surface area contributed by atoms with Crippen molar-refractivity contribution in [2.45, 2.75) is 39.7 Å². The minimum Gasteiger partial charge on any atom is -0.383 e. The van der Waals surface area contributed by atoms with Crippen LogP contribution in [0.1, 0.15) is 44.9 Å². The molecule has 0 aliphatic heterocycles. The number of nitrogen functional groups attached to an aromatic ring is 1. The van der Waals surface area contributed by atoms with Crippen molar-refractivity contribution < 1.29 is 0 Å². The van der Waals surface area contributed by atoms with Gasteiger partial charge in [-0.15, -0.1) is 0 Å². The summed E-state index contributed by atoms with van der Waals surface area (Å²) in [6.45, 7) is 8.10. The second-order valence-corrected chi connectivity index (χ2v) is 5.72. The lowest BCUT2D eigenvalue weighted by molar-refractivity contribution is 0.825. The fourth-order valence-corrected chi connectivity index (χ4v) is 2.03. The highest BCUT2D eigenvalue weighted by Crippen LogP contribution is 2.29. The molecule has 0 radical (unpaired) electrons. The maximum absolute atomic E-state index is 9.34. The van der Waals surface area contributed by atoms with E-state index in [0.717, 1.165) is 16.8 Å². The van der Waals surface area contributed by atoms with E-state index >= 15 is 0 Å². The number of aromatic nitrogens is 3. The second-order valence-electron chi connectivity index (χ2n) is 5.72. The smallest absolute Gasteiger partial charge is 0.222 e. The van der Waals surface area contributed by atoms with E-state index in [9.17, 15) is 5.26 Å². The van der Waals surface area contributed by atoms with Crippen LogP contribution in [-0.2, 0) is 0 Å². The molecule has 0 atom stereocenters. The highest BCUT2D eigenvalue weighted by Gasteiger charge is 2.14. The lowest BCUT2D eigenvalue weighted by atomic mass is 9.99. The molecule has 6 nitrogen and oxygen atoms in total. The van der Waals surface area contributed by atoms with Crippen LogP contribution in [0.3, 0.4) is 0 Å². The zero-order chi connectivity index (χ0) is 16.3. The van der Waals surface area contributed by atoms with E-state index < -0.39 is 0 Å². The molecule has 2 aromatic heterocycles. The van der Waals surface area contributed by atoms with Crippen LogP contribution in [0.4, 0.5) is 11.8 Å². The topological polar surface area (TPSA) is 101 Å². The average Bonchev–Trinajstić information content (AvgIpc) is 2.46. The van der Waals surface area contributed by atoms with Crippen LogP contribution in [0.5, 0.6) is 0 Å². The monoisotopic (exact) mass is 296 g/mol. The summed E-state index contributed by atoms with van der Waals surface area (Å²) in [5.41, 5.74) is 8.59. The van der Waals surface area contributed by atoms with Gasteiger partial charge in [0, 0.05) is 35.3 Å². The van der Waals surface area contributed by atoms with E-state index in [-0.39, 0.29) is 17.8 Å². The second kappa shape index (κ2) is 6.39. The molecule has 0 saturated heterocycles. The van der Waals surface area contributed by atoms with Gasteiger partial charge in [-0.2, -0.15) is 5.26 Å². The molecule has 2 heterocycles. The van der Waals surface area contributed by atoms with Gasteiger partial charge in [-0.1, -0.05) is 13.8 Å². The summed E-state index contributed by atoms with van der Waals surface area (Å²) in [5, 5.41) is 12.5. The molecular formula is C16H20N6. The van der Waals surface area contributed by atoms with Gasteiger partial charge < -0.3 is 11.1 Å². The van der Waals surface area contributed by atoms with Crippen molar-refractivity contribution in [2.24, 2.45) is 0 Å². The average molecular weight is 296 g/mol. The van der Waals surface area contributed by atoms with Crippen LogP contribution < -0.4 is 11.1 Å². The predicted octanol–water partition coefficient (Wildman–Crippen LogP) is 2.94. The minimum atomic E-state index is 0.219. The van der Waals surface area contributed by atoms with Gasteiger partial charge in [-0.25, -0.2) is 15.0 Å². The van der Waals surface area contributed by atoms with Crippen molar-refractivity contribution in [3.63, 3.8) is 0 Å². The molecule has 3 N–H and O–H groups in total. The number of nitrogens with two attached hydrogens (primary N) is 1. The number of hydrogen-bond acceptors (Lipinski definition) is 6. The first-order chi connectivity index (χ1) is 10.4. The normalized spacial score (nSPS) is 10.8. The van der Waals surface area contributed by atoms with Gasteiger partial charge in [-0.05, 0) is 25.8 Å². The van der Waals surface area contributed by atoms with Gasteiger partial charge in [0.15, 0.2) is 0 Å². The van der Waals surface area contributed by atoms with Crippen molar-refractivity contribution in [1.82, 2.24) is 15.0 Å². The lowest BCUT2D eigenvalue weighted by Gasteiger charge is -2.12. The zero-order valence-electron chi connectivity index (χ0n) is 13.3. The SMILES string of the molecule is CC(C)Nc1ncc(-c2cc(C(C)C)nc(N)c2C#N)cn1.